The molecule has 1 aromatic rings. The molecule has 7 nitrogen and oxygen atoms in total. The zero-order valence-corrected chi connectivity index (χ0v) is 15.2. The highest BCUT2D eigenvalue weighted by Crippen LogP contribution is 2.40. The Bertz CT molecular complexity index is 657. The normalized spacial score (nSPS) is 16.9. The summed E-state index contributed by atoms with van der Waals surface area (Å²) in [4.78, 5) is 25.5. The first-order chi connectivity index (χ1) is 12.9. The van der Waals surface area contributed by atoms with Crippen molar-refractivity contribution in [1.82, 2.24) is 4.90 Å². The van der Waals surface area contributed by atoms with Crippen LogP contribution in [0.25, 0.3) is 0 Å². The molecule has 1 fully saturated rings. The lowest BCUT2D eigenvalue weighted by Gasteiger charge is -2.36. The maximum absolute atomic E-state index is 13.0. The zero-order valence-electron chi connectivity index (χ0n) is 15.2. The number of rotatable bonds is 8. The molecular weight excluding hydrogens is 364 g/mol. The number of carbonyl (C=O) groups excluding carboxylic acids is 1. The molecule has 1 saturated heterocycles. The summed E-state index contributed by atoms with van der Waals surface area (Å²) in [6.07, 6.45) is 2.79. The minimum atomic E-state index is -3.07. The molecule has 2 rings (SSSR count). The van der Waals surface area contributed by atoms with Crippen molar-refractivity contribution in [3.05, 3.63) is 17.7 Å². The lowest BCUT2D eigenvalue weighted by Crippen LogP contribution is -2.44. The first kappa shape index (κ1) is 20.7. The van der Waals surface area contributed by atoms with Gasteiger partial charge in [-0.3, -0.25) is 9.59 Å². The summed E-state index contributed by atoms with van der Waals surface area (Å²) in [6, 6.07) is 2.47. The summed E-state index contributed by atoms with van der Waals surface area (Å²) in [5, 5.41) is 8.91. The molecule has 1 aliphatic heterocycles. The van der Waals surface area contributed by atoms with Crippen molar-refractivity contribution in [1.29, 1.82) is 0 Å². The molecule has 1 heterocycles. The summed E-state index contributed by atoms with van der Waals surface area (Å²) >= 11 is 0. The smallest absolute Gasteiger partial charge is 0.387 e. The van der Waals surface area contributed by atoms with Gasteiger partial charge in [-0.25, -0.2) is 0 Å². The fraction of sp³-hybridized carbons (Fsp3) is 0.556. The van der Waals surface area contributed by atoms with Crippen LogP contribution in [0.4, 0.5) is 8.78 Å². The average molecular weight is 387 g/mol. The predicted octanol–water partition coefficient (Wildman–Crippen LogP) is 3.16. The Balaban J connectivity index is 2.31. The average Bonchev–Trinajstić information content (AvgIpc) is 2.65. The minimum Gasteiger partial charge on any atom is -0.493 e. The van der Waals surface area contributed by atoms with E-state index in [1.165, 1.54) is 26.4 Å². The summed E-state index contributed by atoms with van der Waals surface area (Å²) in [5.41, 5.74) is 0.201. The lowest BCUT2D eigenvalue weighted by atomic mass is 9.96. The fourth-order valence-corrected chi connectivity index (χ4v) is 3.23. The molecule has 0 aromatic heterocycles. The van der Waals surface area contributed by atoms with Crippen LogP contribution in [0.3, 0.4) is 0 Å². The van der Waals surface area contributed by atoms with E-state index in [4.69, 9.17) is 14.6 Å². The van der Waals surface area contributed by atoms with Crippen LogP contribution in [0.2, 0.25) is 0 Å². The van der Waals surface area contributed by atoms with Crippen molar-refractivity contribution in [2.75, 3.05) is 20.8 Å². The van der Waals surface area contributed by atoms with Crippen LogP contribution < -0.4 is 14.2 Å². The number of likely N-dealkylation sites (tertiary alicyclic amines) is 1. The van der Waals surface area contributed by atoms with Gasteiger partial charge in [-0.1, -0.05) is 0 Å². The third-order valence-electron chi connectivity index (χ3n) is 4.49. The zero-order chi connectivity index (χ0) is 20.0. The third kappa shape index (κ3) is 5.21. The van der Waals surface area contributed by atoms with Crippen LogP contribution in [0, 0.1) is 0 Å². The molecule has 0 aliphatic carbocycles. The number of ether oxygens (including phenoxy) is 3. The minimum absolute atomic E-state index is 0.0255. The van der Waals surface area contributed by atoms with Crippen LogP contribution in [0.1, 0.15) is 42.5 Å². The van der Waals surface area contributed by atoms with E-state index in [9.17, 15) is 18.4 Å². The first-order valence-corrected chi connectivity index (χ1v) is 8.61. The van der Waals surface area contributed by atoms with Crippen LogP contribution in [-0.2, 0) is 4.79 Å². The molecule has 1 unspecified atom stereocenters. The van der Waals surface area contributed by atoms with Crippen LogP contribution in [-0.4, -0.2) is 55.3 Å². The van der Waals surface area contributed by atoms with E-state index in [1.807, 2.05) is 0 Å². The Morgan fingerprint density at radius 3 is 2.37 bits per heavy atom. The van der Waals surface area contributed by atoms with E-state index >= 15 is 0 Å². The van der Waals surface area contributed by atoms with Crippen LogP contribution >= 0.6 is 0 Å². The number of amides is 1. The van der Waals surface area contributed by atoms with Crippen molar-refractivity contribution < 1.29 is 37.7 Å². The van der Waals surface area contributed by atoms with Crippen molar-refractivity contribution in [3.63, 3.8) is 0 Å². The quantitative estimate of drug-likeness (QED) is 0.738. The number of piperidine rings is 1. The second-order valence-corrected chi connectivity index (χ2v) is 6.17. The number of methoxy groups -OCH3 is 2. The Hall–Kier alpha value is -2.58. The molecule has 0 saturated carbocycles. The van der Waals surface area contributed by atoms with Gasteiger partial charge in [0.2, 0.25) is 5.75 Å². The highest BCUT2D eigenvalue weighted by molar-refractivity contribution is 5.96. The Morgan fingerprint density at radius 2 is 1.85 bits per heavy atom. The molecular formula is C18H23F2NO6. The summed E-state index contributed by atoms with van der Waals surface area (Å²) in [7, 11) is 2.55. The fourth-order valence-electron chi connectivity index (χ4n) is 3.23. The van der Waals surface area contributed by atoms with E-state index < -0.39 is 12.6 Å². The molecule has 0 spiro atoms. The number of halogens is 2. The summed E-state index contributed by atoms with van der Waals surface area (Å²) in [6.45, 7) is -2.57. The van der Waals surface area contributed by atoms with E-state index in [0.29, 0.717) is 13.0 Å². The van der Waals surface area contributed by atoms with Crippen LogP contribution in [0.5, 0.6) is 17.2 Å². The summed E-state index contributed by atoms with van der Waals surface area (Å²) < 4.78 is 39.9. The van der Waals surface area contributed by atoms with Crippen LogP contribution in [0.15, 0.2) is 12.1 Å². The second kappa shape index (κ2) is 9.38. The first-order valence-electron chi connectivity index (χ1n) is 8.61. The van der Waals surface area contributed by atoms with Gasteiger partial charge < -0.3 is 24.2 Å². The summed E-state index contributed by atoms with van der Waals surface area (Å²) in [5.74, 6) is -1.61. The van der Waals surface area contributed by atoms with Gasteiger partial charge in [0.25, 0.3) is 5.91 Å². The molecule has 0 radical (unpaired) electrons. The third-order valence-corrected chi connectivity index (χ3v) is 4.49. The number of nitrogens with zero attached hydrogens (tertiary/aromatic N) is 1. The lowest BCUT2D eigenvalue weighted by molar-refractivity contribution is -0.137. The van der Waals surface area contributed by atoms with Gasteiger partial charge in [-0.05, 0) is 37.8 Å². The number of alkyl halides is 2. The van der Waals surface area contributed by atoms with Crippen molar-refractivity contribution in [3.8, 4) is 17.2 Å². The van der Waals surface area contributed by atoms with Gasteiger partial charge in [0.05, 0.1) is 14.2 Å². The van der Waals surface area contributed by atoms with Gasteiger partial charge in [0.1, 0.15) is 0 Å². The van der Waals surface area contributed by atoms with Gasteiger partial charge in [0, 0.05) is 24.6 Å². The second-order valence-electron chi connectivity index (χ2n) is 6.17. The SMILES string of the molecule is COc1cc(C(=O)N2CCCCC2CCC(=O)O)cc(OC)c1OC(F)F. The largest absolute Gasteiger partial charge is 0.493 e. The molecule has 27 heavy (non-hydrogen) atoms. The van der Waals surface area contributed by atoms with E-state index in [2.05, 4.69) is 4.74 Å². The highest BCUT2D eigenvalue weighted by atomic mass is 19.3. The molecule has 1 atom stereocenters. The van der Waals surface area contributed by atoms with Gasteiger partial charge >= 0.3 is 12.6 Å². The maximum Gasteiger partial charge on any atom is 0.387 e. The standard InChI is InChI=1S/C18H23F2NO6/c1-25-13-9-11(10-14(26-2)16(13)27-18(19)20)17(24)21-8-4-3-5-12(21)6-7-15(22)23/h9-10,12,18H,3-8H2,1-2H3,(H,22,23). The number of benzene rings is 1. The number of hydrogen-bond donors (Lipinski definition) is 1. The molecule has 150 valence electrons. The van der Waals surface area contributed by atoms with Gasteiger partial charge in [0.15, 0.2) is 11.5 Å². The molecule has 1 aromatic carbocycles. The molecule has 1 amide bonds. The highest BCUT2D eigenvalue weighted by Gasteiger charge is 2.29. The Labute approximate surface area is 155 Å². The van der Waals surface area contributed by atoms with Gasteiger partial charge in [-0.15, -0.1) is 0 Å². The predicted molar refractivity (Wildman–Crippen MR) is 91.7 cm³/mol. The number of hydrogen-bond acceptors (Lipinski definition) is 5. The number of carbonyl (C=O) groups is 2. The molecule has 1 N–H and O–H groups in total. The molecule has 9 heteroatoms. The van der Waals surface area contributed by atoms with Crippen molar-refractivity contribution >= 4 is 11.9 Å². The van der Waals surface area contributed by atoms with Gasteiger partial charge in [-0.2, -0.15) is 8.78 Å². The van der Waals surface area contributed by atoms with E-state index in [0.717, 1.165) is 19.3 Å². The maximum atomic E-state index is 13.0. The number of aliphatic carboxylic acids is 1. The Kier molecular flexibility index (Phi) is 7.20. The molecule has 0 bridgehead atoms. The number of carboxylic acid groups (broad SMARTS) is 1. The number of carboxylic acids is 1. The Morgan fingerprint density at radius 1 is 1.22 bits per heavy atom. The van der Waals surface area contributed by atoms with E-state index in [1.54, 1.807) is 4.90 Å². The molecule has 1 aliphatic rings. The topological polar surface area (TPSA) is 85.3 Å². The van der Waals surface area contributed by atoms with Crippen molar-refractivity contribution in [2.24, 2.45) is 0 Å². The van der Waals surface area contributed by atoms with E-state index in [-0.39, 0.29) is 41.2 Å². The monoisotopic (exact) mass is 387 g/mol. The van der Waals surface area contributed by atoms with Crippen molar-refractivity contribution in [2.45, 2.75) is 44.8 Å².